The maximum absolute atomic E-state index is 11.1. The molecule has 0 aliphatic rings. The van der Waals surface area contributed by atoms with Gasteiger partial charge in [-0.25, -0.2) is 4.79 Å². The van der Waals surface area contributed by atoms with Crippen LogP contribution in [0.4, 0.5) is 0 Å². The molecule has 4 nitrogen and oxygen atoms in total. The lowest BCUT2D eigenvalue weighted by Gasteiger charge is -2.26. The minimum Gasteiger partial charge on any atom is -0.480 e. The third-order valence-corrected chi connectivity index (χ3v) is 2.04. The van der Waals surface area contributed by atoms with Crippen molar-refractivity contribution < 1.29 is 14.7 Å². The molecule has 1 amide bonds. The zero-order valence-corrected chi connectivity index (χ0v) is 8.71. The van der Waals surface area contributed by atoms with Gasteiger partial charge in [-0.3, -0.25) is 4.79 Å². The van der Waals surface area contributed by atoms with Gasteiger partial charge in [0, 0.05) is 7.05 Å². The topological polar surface area (TPSA) is 57.6 Å². The molecule has 0 aliphatic carbocycles. The van der Waals surface area contributed by atoms with E-state index in [1.807, 2.05) is 0 Å². The van der Waals surface area contributed by atoms with Crippen LogP contribution in [0.2, 0.25) is 0 Å². The molecule has 0 aromatic carbocycles. The zero-order valence-electron chi connectivity index (χ0n) is 7.95. The maximum atomic E-state index is 11.1. The molecule has 0 aliphatic heterocycles. The standard InChI is InChI=1S/C8H14ClNO3/c1-5(2)7(8(12)13)10(3)6(11)4-9/h5,7H,4H2,1-3H3,(H,12,13)/t7-/m0/s1. The average molecular weight is 208 g/mol. The van der Waals surface area contributed by atoms with Crippen LogP contribution in [0.25, 0.3) is 0 Å². The summed E-state index contributed by atoms with van der Waals surface area (Å²) in [6.45, 7) is 3.49. The zero-order chi connectivity index (χ0) is 10.6. The van der Waals surface area contributed by atoms with Crippen LogP contribution in [0.1, 0.15) is 13.8 Å². The molecule has 5 heteroatoms. The van der Waals surface area contributed by atoms with Crippen LogP contribution in [-0.2, 0) is 9.59 Å². The fourth-order valence-corrected chi connectivity index (χ4v) is 1.34. The number of aliphatic carboxylic acids is 1. The highest BCUT2D eigenvalue weighted by atomic mass is 35.5. The Kier molecular flexibility index (Phi) is 4.77. The summed E-state index contributed by atoms with van der Waals surface area (Å²) in [4.78, 5) is 23.0. The first kappa shape index (κ1) is 12.2. The number of carboxylic acid groups (broad SMARTS) is 1. The molecule has 0 aromatic heterocycles. The molecule has 0 saturated carbocycles. The molecule has 1 atom stereocenters. The number of carbonyl (C=O) groups excluding carboxylic acids is 1. The summed E-state index contributed by atoms with van der Waals surface area (Å²) in [5.41, 5.74) is 0. The number of carboxylic acids is 1. The van der Waals surface area contributed by atoms with Crippen molar-refractivity contribution in [3.8, 4) is 0 Å². The lowest BCUT2D eigenvalue weighted by molar-refractivity contribution is -0.150. The van der Waals surface area contributed by atoms with Crippen molar-refractivity contribution in [2.24, 2.45) is 5.92 Å². The van der Waals surface area contributed by atoms with E-state index in [-0.39, 0.29) is 17.7 Å². The second-order valence-electron chi connectivity index (χ2n) is 3.17. The van der Waals surface area contributed by atoms with Gasteiger partial charge in [0.1, 0.15) is 11.9 Å². The smallest absolute Gasteiger partial charge is 0.326 e. The maximum Gasteiger partial charge on any atom is 0.326 e. The molecule has 0 aromatic rings. The molecular formula is C8H14ClNO3. The van der Waals surface area contributed by atoms with Gasteiger partial charge in [-0.2, -0.15) is 0 Å². The molecule has 0 heterocycles. The molecular weight excluding hydrogens is 194 g/mol. The molecule has 0 bridgehead atoms. The van der Waals surface area contributed by atoms with Gasteiger partial charge in [-0.05, 0) is 5.92 Å². The van der Waals surface area contributed by atoms with Gasteiger partial charge in [0.25, 0.3) is 0 Å². The van der Waals surface area contributed by atoms with Gasteiger partial charge in [0.15, 0.2) is 0 Å². The minimum absolute atomic E-state index is 0.130. The van der Waals surface area contributed by atoms with Gasteiger partial charge in [0.05, 0.1) is 0 Å². The van der Waals surface area contributed by atoms with E-state index in [4.69, 9.17) is 16.7 Å². The van der Waals surface area contributed by atoms with Crippen LogP contribution >= 0.6 is 11.6 Å². The number of rotatable bonds is 4. The Bertz CT molecular complexity index is 206. The minimum atomic E-state index is -1.00. The second kappa shape index (κ2) is 5.07. The van der Waals surface area contributed by atoms with E-state index in [0.717, 1.165) is 0 Å². The number of halogens is 1. The number of nitrogens with zero attached hydrogens (tertiary/aromatic N) is 1. The first-order valence-corrected chi connectivity index (χ1v) is 4.49. The van der Waals surface area contributed by atoms with Crippen molar-refractivity contribution in [2.75, 3.05) is 12.9 Å². The molecule has 0 unspecified atom stereocenters. The van der Waals surface area contributed by atoms with E-state index >= 15 is 0 Å². The third kappa shape index (κ3) is 3.22. The van der Waals surface area contributed by atoms with E-state index < -0.39 is 12.0 Å². The van der Waals surface area contributed by atoms with Crippen molar-refractivity contribution in [1.82, 2.24) is 4.90 Å². The number of hydrogen-bond acceptors (Lipinski definition) is 2. The van der Waals surface area contributed by atoms with Gasteiger partial charge >= 0.3 is 5.97 Å². The molecule has 0 radical (unpaired) electrons. The van der Waals surface area contributed by atoms with Crippen LogP contribution < -0.4 is 0 Å². The SMILES string of the molecule is CC(C)[C@@H](C(=O)O)N(C)C(=O)CCl. The summed E-state index contributed by atoms with van der Waals surface area (Å²) < 4.78 is 0. The summed E-state index contributed by atoms with van der Waals surface area (Å²) in [7, 11) is 1.45. The highest BCUT2D eigenvalue weighted by Crippen LogP contribution is 2.09. The van der Waals surface area contributed by atoms with Crippen LogP contribution in [0.3, 0.4) is 0 Å². The lowest BCUT2D eigenvalue weighted by Crippen LogP contribution is -2.46. The Hall–Kier alpha value is -0.770. The lowest BCUT2D eigenvalue weighted by atomic mass is 10.0. The summed E-state index contributed by atoms with van der Waals surface area (Å²) in [6.07, 6.45) is 0. The van der Waals surface area contributed by atoms with Crippen LogP contribution in [0, 0.1) is 5.92 Å². The fraction of sp³-hybridized carbons (Fsp3) is 0.750. The molecule has 0 fully saturated rings. The Labute approximate surface area is 82.5 Å². The van der Waals surface area contributed by atoms with Crippen molar-refractivity contribution in [3.05, 3.63) is 0 Å². The van der Waals surface area contributed by atoms with E-state index in [0.29, 0.717) is 0 Å². The van der Waals surface area contributed by atoms with E-state index in [1.54, 1.807) is 13.8 Å². The number of amides is 1. The van der Waals surface area contributed by atoms with Gasteiger partial charge in [0.2, 0.25) is 5.91 Å². The van der Waals surface area contributed by atoms with E-state index in [2.05, 4.69) is 0 Å². The molecule has 0 spiro atoms. The molecule has 13 heavy (non-hydrogen) atoms. The summed E-state index contributed by atoms with van der Waals surface area (Å²) in [6, 6.07) is -0.800. The quantitative estimate of drug-likeness (QED) is 0.694. The number of alkyl halides is 1. The Balaban J connectivity index is 4.55. The highest BCUT2D eigenvalue weighted by molar-refractivity contribution is 6.27. The van der Waals surface area contributed by atoms with E-state index in [1.165, 1.54) is 11.9 Å². The van der Waals surface area contributed by atoms with Gasteiger partial charge < -0.3 is 10.0 Å². The molecule has 0 rings (SSSR count). The summed E-state index contributed by atoms with van der Waals surface area (Å²) in [5.74, 6) is -1.69. The Morgan fingerprint density at radius 3 is 2.15 bits per heavy atom. The number of carbonyl (C=O) groups is 2. The van der Waals surface area contributed by atoms with Crippen LogP contribution in [0.5, 0.6) is 0 Å². The number of hydrogen-bond donors (Lipinski definition) is 1. The first-order chi connectivity index (χ1) is 5.91. The summed E-state index contributed by atoms with van der Waals surface area (Å²) >= 11 is 5.32. The first-order valence-electron chi connectivity index (χ1n) is 3.96. The monoisotopic (exact) mass is 207 g/mol. The van der Waals surface area contributed by atoms with Gasteiger partial charge in [-0.1, -0.05) is 13.8 Å². The Morgan fingerprint density at radius 1 is 1.46 bits per heavy atom. The van der Waals surface area contributed by atoms with Crippen LogP contribution in [0.15, 0.2) is 0 Å². The molecule has 1 N–H and O–H groups in total. The van der Waals surface area contributed by atoms with Crippen molar-refractivity contribution in [3.63, 3.8) is 0 Å². The average Bonchev–Trinajstić information content (AvgIpc) is 2.01. The summed E-state index contributed by atoms with van der Waals surface area (Å²) in [5, 5.41) is 8.82. The third-order valence-electron chi connectivity index (χ3n) is 1.81. The second-order valence-corrected chi connectivity index (χ2v) is 3.43. The van der Waals surface area contributed by atoms with Crippen molar-refractivity contribution >= 4 is 23.5 Å². The predicted octanol–water partition coefficient (Wildman–Crippen LogP) is 0.793. The number of likely N-dealkylation sites (N-methyl/N-ethyl adjacent to an activating group) is 1. The van der Waals surface area contributed by atoms with Crippen LogP contribution in [-0.4, -0.2) is 40.9 Å². The molecule has 76 valence electrons. The Morgan fingerprint density at radius 2 is 1.92 bits per heavy atom. The van der Waals surface area contributed by atoms with Crippen molar-refractivity contribution in [1.29, 1.82) is 0 Å². The normalized spacial score (nSPS) is 12.7. The van der Waals surface area contributed by atoms with Crippen molar-refractivity contribution in [2.45, 2.75) is 19.9 Å². The highest BCUT2D eigenvalue weighted by Gasteiger charge is 2.28. The van der Waals surface area contributed by atoms with E-state index in [9.17, 15) is 9.59 Å². The largest absolute Gasteiger partial charge is 0.480 e. The predicted molar refractivity (Wildman–Crippen MR) is 49.8 cm³/mol. The molecule has 0 saturated heterocycles. The van der Waals surface area contributed by atoms with Gasteiger partial charge in [-0.15, -0.1) is 11.6 Å². The fourth-order valence-electron chi connectivity index (χ4n) is 1.15.